The van der Waals surface area contributed by atoms with Crippen molar-refractivity contribution in [3.63, 3.8) is 0 Å². The molecule has 0 saturated carbocycles. The summed E-state index contributed by atoms with van der Waals surface area (Å²) in [5.41, 5.74) is 4.33. The van der Waals surface area contributed by atoms with Gasteiger partial charge in [-0.1, -0.05) is 48.0 Å². The van der Waals surface area contributed by atoms with Crippen molar-refractivity contribution in [2.45, 2.75) is 31.2 Å². The molecule has 3 aromatic carbocycles. The number of methoxy groups -OCH3 is 1. The molecule has 1 aliphatic carbocycles. The Bertz CT molecular complexity index is 1340. The number of hydrogen-bond donors (Lipinski definition) is 2. The summed E-state index contributed by atoms with van der Waals surface area (Å²) in [6, 6.07) is 21.6. The number of benzene rings is 3. The van der Waals surface area contributed by atoms with Crippen LogP contribution in [-0.2, 0) is 12.8 Å². The van der Waals surface area contributed by atoms with E-state index in [-0.39, 0.29) is 18.0 Å². The number of rotatable bonds is 5. The fourth-order valence-corrected chi connectivity index (χ4v) is 5.11. The maximum absolute atomic E-state index is 13.1. The highest BCUT2D eigenvalue weighted by atomic mass is 35.5. The maximum Gasteiger partial charge on any atom is 0.319 e. The van der Waals surface area contributed by atoms with Crippen LogP contribution in [0.4, 0.5) is 10.5 Å². The van der Waals surface area contributed by atoms with E-state index in [0.29, 0.717) is 0 Å². The standard InChI is InChI=1S/C28H26ClN3O2/c1-34-21-10-11-22-18(15-21)9-12-27(24(22)16-19-5-2-3-7-25(19)29)32-28(33)31-26-8-4-6-20-17-30-14-13-23(20)26/h2-8,10-11,13-15,17,24,27H,9,12,16H2,1H3,(H2,31,32,33). The molecule has 5 rings (SSSR count). The van der Waals surface area contributed by atoms with Crippen LogP contribution in [0.3, 0.4) is 0 Å². The second-order valence-corrected chi connectivity index (χ2v) is 9.02. The lowest BCUT2D eigenvalue weighted by Crippen LogP contribution is -2.44. The monoisotopic (exact) mass is 471 g/mol. The lowest BCUT2D eigenvalue weighted by molar-refractivity contribution is 0.244. The van der Waals surface area contributed by atoms with Crippen LogP contribution in [0, 0.1) is 0 Å². The molecule has 0 fully saturated rings. The molecule has 2 amide bonds. The third-order valence-corrected chi connectivity index (χ3v) is 6.97. The van der Waals surface area contributed by atoms with E-state index >= 15 is 0 Å². The van der Waals surface area contributed by atoms with Crippen molar-refractivity contribution in [2.75, 3.05) is 12.4 Å². The van der Waals surface area contributed by atoms with Crippen LogP contribution in [0.1, 0.15) is 29.0 Å². The Balaban J connectivity index is 1.41. The van der Waals surface area contributed by atoms with Gasteiger partial charge in [-0.15, -0.1) is 0 Å². The molecular formula is C28H26ClN3O2. The van der Waals surface area contributed by atoms with Crippen LogP contribution < -0.4 is 15.4 Å². The molecule has 2 atom stereocenters. The van der Waals surface area contributed by atoms with Crippen molar-refractivity contribution >= 4 is 34.1 Å². The molecule has 0 spiro atoms. The minimum atomic E-state index is -0.213. The summed E-state index contributed by atoms with van der Waals surface area (Å²) in [4.78, 5) is 17.3. The van der Waals surface area contributed by atoms with Gasteiger partial charge in [0.2, 0.25) is 0 Å². The highest BCUT2D eigenvalue weighted by Crippen LogP contribution is 2.37. The lowest BCUT2D eigenvalue weighted by Gasteiger charge is -2.35. The van der Waals surface area contributed by atoms with Gasteiger partial charge in [0, 0.05) is 40.1 Å². The maximum atomic E-state index is 13.1. The number of pyridine rings is 1. The molecule has 6 heteroatoms. The molecule has 1 aromatic heterocycles. The van der Waals surface area contributed by atoms with Gasteiger partial charge < -0.3 is 15.4 Å². The first-order chi connectivity index (χ1) is 16.6. The van der Waals surface area contributed by atoms with Gasteiger partial charge in [0.05, 0.1) is 12.8 Å². The lowest BCUT2D eigenvalue weighted by atomic mass is 9.76. The predicted molar refractivity (Wildman–Crippen MR) is 137 cm³/mol. The van der Waals surface area contributed by atoms with Crippen molar-refractivity contribution < 1.29 is 9.53 Å². The van der Waals surface area contributed by atoms with Crippen molar-refractivity contribution in [3.05, 3.63) is 101 Å². The van der Waals surface area contributed by atoms with Crippen molar-refractivity contribution in [1.82, 2.24) is 10.3 Å². The van der Waals surface area contributed by atoms with Crippen LogP contribution in [0.15, 0.2) is 79.1 Å². The number of aromatic nitrogens is 1. The number of anilines is 1. The molecule has 0 aliphatic heterocycles. The molecule has 1 heterocycles. The van der Waals surface area contributed by atoms with Crippen molar-refractivity contribution in [1.29, 1.82) is 0 Å². The topological polar surface area (TPSA) is 63.2 Å². The quantitative estimate of drug-likeness (QED) is 0.356. The second kappa shape index (κ2) is 9.74. The zero-order valence-electron chi connectivity index (χ0n) is 18.9. The number of ether oxygens (including phenoxy) is 1. The summed E-state index contributed by atoms with van der Waals surface area (Å²) in [5, 5.41) is 8.99. The van der Waals surface area contributed by atoms with Gasteiger partial charge in [-0.25, -0.2) is 4.79 Å². The summed E-state index contributed by atoms with van der Waals surface area (Å²) in [6.07, 6.45) is 5.98. The highest BCUT2D eigenvalue weighted by molar-refractivity contribution is 6.31. The first-order valence-corrected chi connectivity index (χ1v) is 11.8. The van der Waals surface area contributed by atoms with Crippen LogP contribution in [0.25, 0.3) is 10.8 Å². The molecule has 0 bridgehead atoms. The molecule has 5 nitrogen and oxygen atoms in total. The zero-order valence-corrected chi connectivity index (χ0v) is 19.7. The van der Waals surface area contributed by atoms with Gasteiger partial charge in [-0.05, 0) is 66.3 Å². The van der Waals surface area contributed by atoms with Crippen LogP contribution >= 0.6 is 11.6 Å². The third kappa shape index (κ3) is 4.57. The summed E-state index contributed by atoms with van der Waals surface area (Å²) >= 11 is 6.51. The number of hydrogen-bond acceptors (Lipinski definition) is 3. The molecule has 2 unspecified atom stereocenters. The molecular weight excluding hydrogens is 446 g/mol. The van der Waals surface area contributed by atoms with Crippen LogP contribution in [-0.4, -0.2) is 24.2 Å². The minimum absolute atomic E-state index is 0.0335. The van der Waals surface area contributed by atoms with Crippen LogP contribution in [0.5, 0.6) is 5.75 Å². The van der Waals surface area contributed by atoms with E-state index in [9.17, 15) is 4.79 Å². The first-order valence-electron chi connectivity index (χ1n) is 11.4. The Morgan fingerprint density at radius 3 is 2.85 bits per heavy atom. The number of urea groups is 1. The minimum Gasteiger partial charge on any atom is -0.497 e. The van der Waals surface area contributed by atoms with Crippen molar-refractivity contribution in [2.24, 2.45) is 0 Å². The van der Waals surface area contributed by atoms with E-state index in [4.69, 9.17) is 16.3 Å². The van der Waals surface area contributed by atoms with Gasteiger partial charge in [0.25, 0.3) is 0 Å². The molecule has 0 radical (unpaired) electrons. The number of nitrogens with one attached hydrogen (secondary N) is 2. The molecule has 2 N–H and O–H groups in total. The summed E-state index contributed by atoms with van der Waals surface area (Å²) < 4.78 is 5.44. The molecule has 0 saturated heterocycles. The number of carbonyl (C=O) groups excluding carboxylic acids is 1. The number of nitrogens with zero attached hydrogens (tertiary/aromatic N) is 1. The highest BCUT2D eigenvalue weighted by Gasteiger charge is 2.31. The Hall–Kier alpha value is -3.57. The van der Waals surface area contributed by atoms with Crippen molar-refractivity contribution in [3.8, 4) is 5.75 Å². The summed E-state index contributed by atoms with van der Waals surface area (Å²) in [6.45, 7) is 0. The SMILES string of the molecule is COc1ccc2c(c1)CCC(NC(=O)Nc1cccc3cnccc13)C2Cc1ccccc1Cl. The van der Waals surface area contributed by atoms with Crippen LogP contribution in [0.2, 0.25) is 5.02 Å². The number of aryl methyl sites for hydroxylation is 1. The second-order valence-electron chi connectivity index (χ2n) is 8.61. The molecule has 4 aromatic rings. The Morgan fingerprint density at radius 2 is 2.00 bits per heavy atom. The Kier molecular flexibility index (Phi) is 6.37. The summed E-state index contributed by atoms with van der Waals surface area (Å²) in [5.74, 6) is 0.946. The van der Waals surface area contributed by atoms with E-state index in [1.54, 1.807) is 19.5 Å². The fraction of sp³-hybridized carbons (Fsp3) is 0.214. The average molecular weight is 472 g/mol. The number of carbonyl (C=O) groups is 1. The largest absolute Gasteiger partial charge is 0.497 e. The molecule has 1 aliphatic rings. The Morgan fingerprint density at radius 1 is 1.12 bits per heavy atom. The molecule has 34 heavy (non-hydrogen) atoms. The van der Waals surface area contributed by atoms with Gasteiger partial charge in [0.1, 0.15) is 5.75 Å². The number of amides is 2. The Labute approximate surface area is 204 Å². The van der Waals surface area contributed by atoms with Gasteiger partial charge in [0.15, 0.2) is 0 Å². The smallest absolute Gasteiger partial charge is 0.319 e. The molecule has 172 valence electrons. The van der Waals surface area contributed by atoms with E-state index in [1.807, 2.05) is 48.5 Å². The predicted octanol–water partition coefficient (Wildman–Crippen LogP) is 6.36. The average Bonchev–Trinajstić information content (AvgIpc) is 2.86. The summed E-state index contributed by atoms with van der Waals surface area (Å²) in [7, 11) is 1.68. The van der Waals surface area contributed by atoms with E-state index in [2.05, 4.69) is 33.8 Å². The third-order valence-electron chi connectivity index (χ3n) is 6.60. The van der Waals surface area contributed by atoms with E-state index in [1.165, 1.54) is 11.1 Å². The van der Waals surface area contributed by atoms with Gasteiger partial charge in [-0.2, -0.15) is 0 Å². The van der Waals surface area contributed by atoms with Gasteiger partial charge in [-0.3, -0.25) is 4.98 Å². The zero-order chi connectivity index (χ0) is 23.5. The first kappa shape index (κ1) is 22.2. The fourth-order valence-electron chi connectivity index (χ4n) is 4.90. The number of halogens is 1. The van der Waals surface area contributed by atoms with Gasteiger partial charge >= 0.3 is 6.03 Å². The van der Waals surface area contributed by atoms with E-state index in [0.717, 1.165) is 52.1 Å². The number of fused-ring (bicyclic) bond motifs is 2. The van der Waals surface area contributed by atoms with E-state index < -0.39 is 0 Å². The normalized spacial score (nSPS) is 17.1.